The molecule has 4 atom stereocenters. The number of likely N-dealkylation sites (N-methyl/N-ethyl adjacent to an activating group) is 2. The Morgan fingerprint density at radius 2 is 0.848 bits per heavy atom. The highest BCUT2D eigenvalue weighted by Gasteiger charge is 2.32. The number of alkyl halides is 6. The van der Waals surface area contributed by atoms with Gasteiger partial charge in [-0.2, -0.15) is 26.3 Å². The number of carbonyl (C=O) groups excluding carboxylic acids is 4. The number of rotatable bonds is 8. The zero-order valence-corrected chi connectivity index (χ0v) is 35.9. The van der Waals surface area contributed by atoms with E-state index in [0.29, 0.717) is 26.2 Å². The van der Waals surface area contributed by atoms with E-state index in [2.05, 4.69) is 0 Å². The number of nitrogens with one attached hydrogen (secondary N) is 2. The average molecular weight is 941 g/mol. The SMILES string of the molecule is CN(C)C(=O)C[NH+]1CC(c2cc(F)ccc2F)=CC(c2ccccc2)C1.CN(C)C(=O)C[NH+]1CC(c2cc(F)ccc2F)=CC(c2ccccc2)C1.O=C([O-])C(F)(F)F.O=C([O-])C(F)(F)F. The van der Waals surface area contributed by atoms with E-state index in [-0.39, 0.29) is 34.8 Å². The van der Waals surface area contributed by atoms with Crippen molar-refractivity contribution in [2.24, 2.45) is 0 Å². The average Bonchev–Trinajstić information content (AvgIpc) is 3.25. The van der Waals surface area contributed by atoms with Crippen LogP contribution in [0.5, 0.6) is 0 Å². The lowest BCUT2D eigenvalue weighted by Crippen LogP contribution is -3.14. The first-order valence-corrected chi connectivity index (χ1v) is 19.8. The number of quaternary nitrogens is 2. The second kappa shape index (κ2) is 24.1. The molecule has 2 aliphatic heterocycles. The number of benzene rings is 4. The molecule has 0 radical (unpaired) electrons. The molecule has 4 unspecified atom stereocenters. The van der Waals surface area contributed by atoms with Gasteiger partial charge in [0.2, 0.25) is 0 Å². The van der Waals surface area contributed by atoms with Gasteiger partial charge in [-0.1, -0.05) is 72.8 Å². The van der Waals surface area contributed by atoms with Crippen molar-refractivity contribution >= 4 is 34.9 Å². The van der Waals surface area contributed by atoms with E-state index in [4.69, 9.17) is 19.8 Å². The molecule has 4 aromatic rings. The molecular formula is C46H46F10N4O6. The molecular weight excluding hydrogens is 895 g/mol. The first-order chi connectivity index (χ1) is 30.8. The van der Waals surface area contributed by atoms with Crippen LogP contribution >= 0.6 is 0 Å². The molecule has 0 saturated carbocycles. The zero-order chi connectivity index (χ0) is 49.5. The van der Waals surface area contributed by atoms with E-state index in [1.165, 1.54) is 12.1 Å². The number of nitrogens with zero attached hydrogens (tertiary/aromatic N) is 2. The van der Waals surface area contributed by atoms with Crippen molar-refractivity contribution in [2.75, 3.05) is 67.5 Å². The molecule has 0 spiro atoms. The molecule has 356 valence electrons. The maximum atomic E-state index is 14.3. The van der Waals surface area contributed by atoms with Crippen molar-refractivity contribution < 1.29 is 83.1 Å². The summed E-state index contributed by atoms with van der Waals surface area (Å²) in [5.41, 5.74) is 4.25. The third kappa shape index (κ3) is 17.1. The maximum absolute atomic E-state index is 14.3. The van der Waals surface area contributed by atoms with E-state index < -0.39 is 47.6 Å². The molecule has 2 N–H and O–H groups in total. The van der Waals surface area contributed by atoms with Crippen LogP contribution in [-0.2, 0) is 19.2 Å². The second-order valence-electron chi connectivity index (χ2n) is 15.4. The van der Waals surface area contributed by atoms with Crippen LogP contribution in [0.3, 0.4) is 0 Å². The normalized spacial score (nSPS) is 18.0. The summed E-state index contributed by atoms with van der Waals surface area (Å²) in [7, 11) is 6.90. The topological polar surface area (TPSA) is 130 Å². The number of carbonyl (C=O) groups is 4. The predicted octanol–water partition coefficient (Wildman–Crippen LogP) is 2.83. The van der Waals surface area contributed by atoms with Gasteiger partial charge in [-0.05, 0) is 47.5 Å². The molecule has 4 aromatic carbocycles. The maximum Gasteiger partial charge on any atom is 0.430 e. The standard InChI is InChI=1S/2C21H22F2N2O.2C2HF3O2/c2*1-24(2)21(26)14-25-12-16(15-6-4-3-5-7-15)10-17(13-25)19-11-18(22)8-9-20(19)23;2*3-2(4,5)1(6)7/h2*3-11,16H,12-14H2,1-2H3;2*(H,6,7). The fourth-order valence-corrected chi connectivity index (χ4v) is 6.73. The number of hydrogen-bond donors (Lipinski definition) is 2. The van der Waals surface area contributed by atoms with Crippen molar-refractivity contribution in [2.45, 2.75) is 24.2 Å². The number of aliphatic carboxylic acids is 2. The van der Waals surface area contributed by atoms with Gasteiger partial charge >= 0.3 is 12.4 Å². The van der Waals surface area contributed by atoms with Gasteiger partial charge < -0.3 is 39.4 Å². The van der Waals surface area contributed by atoms with E-state index in [9.17, 15) is 53.5 Å². The van der Waals surface area contributed by atoms with Crippen molar-refractivity contribution in [3.63, 3.8) is 0 Å². The van der Waals surface area contributed by atoms with Crippen LogP contribution in [0.1, 0.15) is 34.1 Å². The molecule has 66 heavy (non-hydrogen) atoms. The summed E-state index contributed by atoms with van der Waals surface area (Å²) < 4.78 is 119. The van der Waals surface area contributed by atoms with Gasteiger partial charge in [-0.3, -0.25) is 9.59 Å². The molecule has 2 amide bonds. The lowest BCUT2D eigenvalue weighted by Gasteiger charge is -2.30. The second-order valence-corrected chi connectivity index (χ2v) is 15.4. The third-order valence-corrected chi connectivity index (χ3v) is 9.97. The molecule has 0 fully saturated rings. The predicted molar refractivity (Wildman–Crippen MR) is 218 cm³/mol. The summed E-state index contributed by atoms with van der Waals surface area (Å²) in [4.78, 5) is 47.1. The molecule has 0 aliphatic carbocycles. The Labute approximate surface area is 373 Å². The Kier molecular flexibility index (Phi) is 19.7. The largest absolute Gasteiger partial charge is 0.542 e. The fourth-order valence-electron chi connectivity index (χ4n) is 6.73. The summed E-state index contributed by atoms with van der Waals surface area (Å²) in [6.07, 6.45) is -6.37. The third-order valence-electron chi connectivity index (χ3n) is 9.97. The Balaban J connectivity index is 0.000000273. The highest BCUT2D eigenvalue weighted by atomic mass is 19.4. The molecule has 10 nitrogen and oxygen atoms in total. The summed E-state index contributed by atoms with van der Waals surface area (Å²) in [5.74, 6) is -7.68. The minimum atomic E-state index is -5.19. The van der Waals surface area contributed by atoms with Crippen molar-refractivity contribution in [1.29, 1.82) is 0 Å². The summed E-state index contributed by atoms with van der Waals surface area (Å²) in [5, 5.41) is 17.6. The highest BCUT2D eigenvalue weighted by molar-refractivity contribution is 5.77. The molecule has 0 aromatic heterocycles. The summed E-state index contributed by atoms with van der Waals surface area (Å²) in [6.45, 7) is 3.11. The fraction of sp³-hybridized carbons (Fsp3) is 0.304. The summed E-state index contributed by atoms with van der Waals surface area (Å²) >= 11 is 0. The molecule has 0 saturated heterocycles. The molecule has 2 heterocycles. The smallest absolute Gasteiger partial charge is 0.430 e. The number of carboxylic acids is 2. The first kappa shape index (κ1) is 53.8. The van der Waals surface area contributed by atoms with Gasteiger partial charge in [0.1, 0.15) is 48.3 Å². The van der Waals surface area contributed by atoms with Crippen LogP contribution in [-0.4, -0.2) is 113 Å². The monoisotopic (exact) mass is 940 g/mol. The first-order valence-electron chi connectivity index (χ1n) is 19.8. The van der Waals surface area contributed by atoms with Crippen LogP contribution in [0.4, 0.5) is 43.9 Å². The lowest BCUT2D eigenvalue weighted by molar-refractivity contribution is -0.886. The lowest BCUT2D eigenvalue weighted by atomic mass is 9.89. The molecule has 2 aliphatic rings. The highest BCUT2D eigenvalue weighted by Crippen LogP contribution is 2.28. The van der Waals surface area contributed by atoms with Gasteiger partial charge in [-0.15, -0.1) is 0 Å². The number of hydrogen-bond acceptors (Lipinski definition) is 6. The van der Waals surface area contributed by atoms with Gasteiger partial charge in [0.05, 0.1) is 24.9 Å². The van der Waals surface area contributed by atoms with Crippen molar-refractivity contribution in [1.82, 2.24) is 9.80 Å². The van der Waals surface area contributed by atoms with E-state index in [1.807, 2.05) is 72.8 Å². The summed E-state index contributed by atoms with van der Waals surface area (Å²) in [6, 6.07) is 26.9. The zero-order valence-electron chi connectivity index (χ0n) is 35.9. The van der Waals surface area contributed by atoms with Crippen molar-refractivity contribution in [3.8, 4) is 0 Å². The van der Waals surface area contributed by atoms with Gasteiger partial charge in [-0.25, -0.2) is 17.6 Å². The number of carboxylic acid groups (broad SMARTS) is 2. The number of amides is 2. The Morgan fingerprint density at radius 3 is 1.12 bits per heavy atom. The van der Waals surface area contributed by atoms with Gasteiger partial charge in [0.25, 0.3) is 11.8 Å². The Bertz CT molecular complexity index is 2180. The van der Waals surface area contributed by atoms with Crippen molar-refractivity contribution in [3.05, 3.63) is 155 Å². The number of halogens is 10. The van der Waals surface area contributed by atoms with Crippen LogP contribution in [0.25, 0.3) is 11.1 Å². The van der Waals surface area contributed by atoms with Gasteiger partial charge in [0, 0.05) is 50.5 Å². The van der Waals surface area contributed by atoms with Crippen LogP contribution in [0, 0.1) is 23.3 Å². The van der Waals surface area contributed by atoms with E-state index >= 15 is 0 Å². The van der Waals surface area contributed by atoms with Crippen LogP contribution in [0.2, 0.25) is 0 Å². The minimum absolute atomic E-state index is 0.0211. The van der Waals surface area contributed by atoms with E-state index in [0.717, 1.165) is 69.4 Å². The quantitative estimate of drug-likeness (QED) is 0.262. The van der Waals surface area contributed by atoms with E-state index in [1.54, 1.807) is 38.0 Å². The minimum Gasteiger partial charge on any atom is -0.542 e. The molecule has 6 rings (SSSR count). The van der Waals surface area contributed by atoms with Gasteiger partial charge in [0.15, 0.2) is 13.1 Å². The molecule has 20 heteroatoms. The Morgan fingerprint density at radius 1 is 0.545 bits per heavy atom. The Hall–Kier alpha value is -6.54. The van der Waals surface area contributed by atoms with Crippen LogP contribution < -0.4 is 20.0 Å². The van der Waals surface area contributed by atoms with Crippen LogP contribution in [0.15, 0.2) is 109 Å². The molecule has 0 bridgehead atoms.